The van der Waals surface area contributed by atoms with Crippen LogP contribution in [0.2, 0.25) is 0 Å². The van der Waals surface area contributed by atoms with Gasteiger partial charge in [0.25, 0.3) is 0 Å². The second-order valence-corrected chi connectivity index (χ2v) is 13.4. The number of nitrogens with one attached hydrogen (secondary N) is 1. The zero-order chi connectivity index (χ0) is 38.3. The van der Waals surface area contributed by atoms with Crippen LogP contribution in [0.1, 0.15) is 45.7 Å². The minimum Gasteiger partial charge on any atom is -0.512 e. The summed E-state index contributed by atoms with van der Waals surface area (Å²) in [6.45, 7) is 12.9. The molecule has 0 saturated carbocycles. The van der Waals surface area contributed by atoms with Crippen molar-refractivity contribution in [2.75, 3.05) is 7.11 Å². The fourth-order valence-corrected chi connectivity index (χ4v) is 5.52. The minimum absolute atomic E-state index is 0. The minimum atomic E-state index is -0.125. The summed E-state index contributed by atoms with van der Waals surface area (Å²) in [7, 11) is 1.61. The smallest absolute Gasteiger partial charge is 0.182 e. The third-order valence-corrected chi connectivity index (χ3v) is 8.22. The van der Waals surface area contributed by atoms with E-state index in [1.165, 1.54) is 26.0 Å². The van der Waals surface area contributed by atoms with Crippen molar-refractivity contribution in [1.82, 2.24) is 9.97 Å². The SMILES string of the molecule is C=CC1=CCc2cc(-c3cc(=O)cc[nH]3)ccc2O1.CC(=O)C=C(C)O.COc1ccnc(-c2[c-]cc3oc4ccc(C(C)(C)C)cc4c(=O)c3c2)c1.[Ir]. The zero-order valence-electron chi connectivity index (χ0n) is 30.9. The summed E-state index contributed by atoms with van der Waals surface area (Å²) < 4.78 is 16.9. The molecule has 3 aromatic carbocycles. The number of fused-ring (bicyclic) bond motifs is 3. The number of hydrogen-bond donors (Lipinski definition) is 2. The predicted molar refractivity (Wildman–Crippen MR) is 209 cm³/mol. The van der Waals surface area contributed by atoms with Gasteiger partial charge in [0.15, 0.2) is 16.6 Å². The largest absolute Gasteiger partial charge is 0.512 e. The second kappa shape index (κ2) is 17.8. The first-order valence-electron chi connectivity index (χ1n) is 16.9. The van der Waals surface area contributed by atoms with Crippen molar-refractivity contribution in [2.45, 2.75) is 46.5 Å². The molecule has 6 aromatic rings. The van der Waals surface area contributed by atoms with E-state index < -0.39 is 0 Å². The quantitative estimate of drug-likeness (QED) is 0.0759. The first-order valence-corrected chi connectivity index (χ1v) is 16.9. The Bertz CT molecular complexity index is 2500. The number of H-pyrrole nitrogens is 1. The molecule has 7 rings (SSSR count). The van der Waals surface area contributed by atoms with Gasteiger partial charge >= 0.3 is 0 Å². The molecule has 2 N–H and O–H groups in total. The molecule has 0 saturated heterocycles. The maximum absolute atomic E-state index is 13.2. The summed E-state index contributed by atoms with van der Waals surface area (Å²) in [5.41, 5.74) is 6.42. The number of aliphatic hydroxyl groups is 1. The molecule has 4 heterocycles. The fourth-order valence-electron chi connectivity index (χ4n) is 5.52. The summed E-state index contributed by atoms with van der Waals surface area (Å²) >= 11 is 0. The molecule has 54 heavy (non-hydrogen) atoms. The molecule has 0 amide bonds. The Hall–Kier alpha value is -5.83. The summed E-state index contributed by atoms with van der Waals surface area (Å²) in [5, 5.41) is 9.47. The van der Waals surface area contributed by atoms with E-state index in [0.717, 1.165) is 45.9 Å². The van der Waals surface area contributed by atoms with Gasteiger partial charge in [0, 0.05) is 56.4 Å². The number of rotatable bonds is 5. The number of carbonyl (C=O) groups is 1. The van der Waals surface area contributed by atoms with Crippen LogP contribution in [0.5, 0.6) is 11.5 Å². The van der Waals surface area contributed by atoms with Gasteiger partial charge in [-0.1, -0.05) is 33.4 Å². The van der Waals surface area contributed by atoms with E-state index in [1.54, 1.807) is 49.8 Å². The summed E-state index contributed by atoms with van der Waals surface area (Å²) in [5.74, 6) is 2.27. The first kappa shape index (κ1) is 40.9. The number of aliphatic hydroxyl groups excluding tert-OH is 1. The summed E-state index contributed by atoms with van der Waals surface area (Å²) in [6, 6.07) is 25.0. The van der Waals surface area contributed by atoms with Crippen molar-refractivity contribution >= 4 is 27.7 Å². The maximum atomic E-state index is 13.2. The number of benzene rings is 3. The fraction of sp³-hybridized carbons (Fsp3) is 0.182. The van der Waals surface area contributed by atoms with Gasteiger partial charge in [-0.05, 0) is 108 Å². The van der Waals surface area contributed by atoms with Gasteiger partial charge in [-0.3, -0.25) is 14.4 Å². The van der Waals surface area contributed by atoms with E-state index in [-0.39, 0.29) is 47.9 Å². The van der Waals surface area contributed by atoms with Crippen LogP contribution in [0.3, 0.4) is 0 Å². The van der Waals surface area contributed by atoms with E-state index in [1.807, 2.05) is 48.5 Å². The Morgan fingerprint density at radius 2 is 1.76 bits per heavy atom. The van der Waals surface area contributed by atoms with E-state index in [9.17, 15) is 14.4 Å². The normalized spacial score (nSPS) is 12.0. The van der Waals surface area contributed by atoms with Crippen LogP contribution in [0.4, 0.5) is 0 Å². The molecule has 0 fully saturated rings. The van der Waals surface area contributed by atoms with Crippen molar-refractivity contribution in [3.8, 4) is 34.0 Å². The Kier molecular flexibility index (Phi) is 13.5. The van der Waals surface area contributed by atoms with Crippen molar-refractivity contribution in [1.29, 1.82) is 0 Å². The number of methoxy groups -OCH3 is 1. The molecule has 0 spiro atoms. The molecule has 0 unspecified atom stereocenters. The van der Waals surface area contributed by atoms with Gasteiger partial charge < -0.3 is 29.0 Å². The Labute approximate surface area is 327 Å². The van der Waals surface area contributed by atoms with Crippen molar-refractivity contribution < 1.29 is 43.9 Å². The topological polar surface area (TPSA) is 132 Å². The van der Waals surface area contributed by atoms with Crippen LogP contribution in [0.25, 0.3) is 44.5 Å². The molecule has 1 aliphatic rings. The number of nitrogens with zero attached hydrogens (tertiary/aromatic N) is 1. The molecular weight excluding hydrogens is 861 g/mol. The van der Waals surface area contributed by atoms with Gasteiger partial charge in [-0.2, -0.15) is 0 Å². The van der Waals surface area contributed by atoms with Crippen molar-refractivity contribution in [3.63, 3.8) is 0 Å². The van der Waals surface area contributed by atoms with Crippen LogP contribution < -0.4 is 20.3 Å². The molecular formula is C44H41IrN2O7-. The maximum Gasteiger partial charge on any atom is 0.182 e. The van der Waals surface area contributed by atoms with Gasteiger partial charge in [0.2, 0.25) is 0 Å². The molecule has 9 nitrogen and oxygen atoms in total. The Morgan fingerprint density at radius 3 is 2.41 bits per heavy atom. The summed E-state index contributed by atoms with van der Waals surface area (Å²) in [4.78, 5) is 42.0. The third-order valence-electron chi connectivity index (χ3n) is 8.22. The number of ether oxygens (including phenoxy) is 2. The molecule has 1 radical (unpaired) electrons. The Morgan fingerprint density at radius 1 is 1.00 bits per heavy atom. The predicted octanol–water partition coefficient (Wildman–Crippen LogP) is 9.20. The molecule has 10 heteroatoms. The zero-order valence-corrected chi connectivity index (χ0v) is 33.3. The first-order chi connectivity index (χ1) is 25.2. The van der Waals surface area contributed by atoms with E-state index in [2.05, 4.69) is 43.4 Å². The van der Waals surface area contributed by atoms with E-state index >= 15 is 0 Å². The van der Waals surface area contributed by atoms with E-state index in [0.29, 0.717) is 33.4 Å². The van der Waals surface area contributed by atoms with Crippen LogP contribution in [-0.2, 0) is 36.7 Å². The monoisotopic (exact) mass is 902 g/mol. The molecule has 3 aromatic heterocycles. The van der Waals surface area contributed by atoms with Crippen molar-refractivity contribution in [2.24, 2.45) is 0 Å². The van der Waals surface area contributed by atoms with Crippen LogP contribution >= 0.6 is 0 Å². The van der Waals surface area contributed by atoms with Crippen molar-refractivity contribution in [3.05, 3.63) is 159 Å². The summed E-state index contributed by atoms with van der Waals surface area (Å²) in [6.07, 6.45) is 8.99. The number of pyridine rings is 2. The Balaban J connectivity index is 0.000000210. The molecule has 0 atom stereocenters. The van der Waals surface area contributed by atoms with Gasteiger partial charge in [-0.25, -0.2) is 0 Å². The number of allylic oxidation sites excluding steroid dienone is 4. The number of aromatic amines is 1. The second-order valence-electron chi connectivity index (χ2n) is 13.4. The van der Waals surface area contributed by atoms with Crippen LogP contribution in [0, 0.1) is 6.07 Å². The van der Waals surface area contributed by atoms with E-state index in [4.69, 9.17) is 19.0 Å². The molecule has 0 aliphatic carbocycles. The third kappa shape index (κ3) is 10.2. The molecule has 279 valence electrons. The standard InChI is InChI=1S/C23H20NO3.C16H13NO2.C5H8O2.Ir/c1-23(2,3)15-6-8-21-18(12-15)22(25)17-11-14(5-7-20(17)27-21)19-13-16(26-4)9-10-24-19;1-2-14-5-3-12-9-11(4-6-16(12)19-14)15-10-13(18)7-8-17-15;1-4(6)3-5(2)7;/h6-13H,1-4H3;2,4-10H,1,3H2,(H,17,18);3,6H,1-2H3;/q-1;;;. The average Bonchev–Trinajstić information content (AvgIpc) is 3.14. The number of hydrogen-bond acceptors (Lipinski definition) is 8. The number of ketones is 1. The van der Waals surface area contributed by atoms with Gasteiger partial charge in [0.05, 0.1) is 23.8 Å². The number of aromatic nitrogens is 2. The van der Waals surface area contributed by atoms with Crippen LogP contribution in [-0.4, -0.2) is 28.0 Å². The molecule has 1 aliphatic heterocycles. The van der Waals surface area contributed by atoms with Gasteiger partial charge in [0.1, 0.15) is 22.8 Å². The van der Waals surface area contributed by atoms with Gasteiger partial charge in [-0.15, -0.1) is 23.8 Å². The molecule has 0 bridgehead atoms. The van der Waals surface area contributed by atoms with Crippen LogP contribution in [0.15, 0.2) is 136 Å². The average molecular weight is 902 g/mol. The number of carbonyl (C=O) groups excluding carboxylic acids is 1.